The summed E-state index contributed by atoms with van der Waals surface area (Å²) in [6, 6.07) is 14.4. The molecule has 0 unspecified atom stereocenters. The molecule has 3 rings (SSSR count). The molecule has 0 fully saturated rings. The number of benzene rings is 2. The van der Waals surface area contributed by atoms with Gasteiger partial charge in [-0.25, -0.2) is 4.79 Å². The Morgan fingerprint density at radius 1 is 1.00 bits per heavy atom. The lowest BCUT2D eigenvalue weighted by atomic mass is 10.0. The quantitative estimate of drug-likeness (QED) is 0.717. The predicted octanol–water partition coefficient (Wildman–Crippen LogP) is 3.74. The molecule has 1 heterocycles. The van der Waals surface area contributed by atoms with Gasteiger partial charge in [-0.15, -0.1) is 0 Å². The second kappa shape index (κ2) is 4.90. The summed E-state index contributed by atoms with van der Waals surface area (Å²) in [5, 5.41) is 10.0. The lowest BCUT2D eigenvalue weighted by molar-refractivity contribution is 0.0696. The van der Waals surface area contributed by atoms with Gasteiger partial charge in [0.15, 0.2) is 5.78 Å². The zero-order valence-corrected chi connectivity index (χ0v) is 11.4. The molecule has 0 atom stereocenters. The Hall–Kier alpha value is -2.88. The van der Waals surface area contributed by atoms with E-state index in [0.717, 1.165) is 22.0 Å². The Morgan fingerprint density at radius 3 is 2.48 bits per heavy atom. The van der Waals surface area contributed by atoms with Crippen molar-refractivity contribution in [1.82, 2.24) is 4.98 Å². The van der Waals surface area contributed by atoms with Crippen molar-refractivity contribution in [3.8, 4) is 11.1 Å². The van der Waals surface area contributed by atoms with Gasteiger partial charge in [0.1, 0.15) is 0 Å². The van der Waals surface area contributed by atoms with Crippen LogP contribution >= 0.6 is 0 Å². The molecule has 104 valence electrons. The summed E-state index contributed by atoms with van der Waals surface area (Å²) in [6.07, 6.45) is 0. The third kappa shape index (κ3) is 2.43. The highest BCUT2D eigenvalue weighted by molar-refractivity contribution is 5.99. The summed E-state index contributed by atoms with van der Waals surface area (Å²) < 4.78 is 0. The van der Waals surface area contributed by atoms with Gasteiger partial charge in [0, 0.05) is 17.8 Å². The first kappa shape index (κ1) is 13.1. The van der Waals surface area contributed by atoms with E-state index in [1.165, 1.54) is 6.92 Å². The number of ketones is 1. The topological polar surface area (TPSA) is 70.2 Å². The second-order valence-electron chi connectivity index (χ2n) is 4.93. The maximum atomic E-state index is 11.4. The zero-order valence-electron chi connectivity index (χ0n) is 11.4. The Morgan fingerprint density at radius 2 is 1.76 bits per heavy atom. The van der Waals surface area contributed by atoms with Crippen LogP contribution in [0.4, 0.5) is 0 Å². The van der Waals surface area contributed by atoms with Crippen LogP contribution in [0, 0.1) is 0 Å². The van der Waals surface area contributed by atoms with Gasteiger partial charge in [0.25, 0.3) is 0 Å². The Labute approximate surface area is 121 Å². The van der Waals surface area contributed by atoms with E-state index >= 15 is 0 Å². The van der Waals surface area contributed by atoms with Gasteiger partial charge < -0.3 is 10.1 Å². The normalized spacial score (nSPS) is 10.7. The number of carboxylic acids is 1. The maximum absolute atomic E-state index is 11.4. The van der Waals surface area contributed by atoms with Gasteiger partial charge in [-0.05, 0) is 35.4 Å². The molecule has 3 aromatic rings. The van der Waals surface area contributed by atoms with E-state index in [0.29, 0.717) is 5.69 Å². The lowest BCUT2D eigenvalue weighted by Gasteiger charge is -2.03. The number of nitrogens with one attached hydrogen (secondary N) is 1. The average molecular weight is 279 g/mol. The average Bonchev–Trinajstić information content (AvgIpc) is 2.90. The van der Waals surface area contributed by atoms with Gasteiger partial charge in [-0.2, -0.15) is 0 Å². The largest absolute Gasteiger partial charge is 0.478 e. The monoisotopic (exact) mass is 279 g/mol. The molecule has 0 aliphatic rings. The van der Waals surface area contributed by atoms with Crippen LogP contribution in [0.5, 0.6) is 0 Å². The van der Waals surface area contributed by atoms with Gasteiger partial charge in [0.05, 0.1) is 11.3 Å². The van der Waals surface area contributed by atoms with Crippen LogP contribution in [0.25, 0.3) is 22.0 Å². The molecule has 1 aromatic heterocycles. The molecule has 0 saturated carbocycles. The second-order valence-corrected chi connectivity index (χ2v) is 4.93. The first-order valence-corrected chi connectivity index (χ1v) is 6.52. The number of aromatic nitrogens is 1. The van der Waals surface area contributed by atoms with Crippen molar-refractivity contribution < 1.29 is 14.7 Å². The van der Waals surface area contributed by atoms with Crippen molar-refractivity contribution in [1.29, 1.82) is 0 Å². The molecule has 0 aliphatic heterocycles. The Kier molecular flexibility index (Phi) is 3.06. The molecular formula is C17H13NO3. The number of H-pyrrole nitrogens is 1. The van der Waals surface area contributed by atoms with Crippen molar-refractivity contribution in [2.75, 3.05) is 0 Å². The number of aromatic carboxylic acids is 1. The summed E-state index contributed by atoms with van der Waals surface area (Å²) in [7, 11) is 0. The van der Waals surface area contributed by atoms with E-state index in [4.69, 9.17) is 5.11 Å². The summed E-state index contributed by atoms with van der Waals surface area (Å²) >= 11 is 0. The Balaban J connectivity index is 2.10. The van der Waals surface area contributed by atoms with E-state index in [9.17, 15) is 9.59 Å². The SMILES string of the molecule is CC(=O)c1cc2ccc(-c3cccc(C(=O)O)c3)cc2[nH]1. The first-order chi connectivity index (χ1) is 10.0. The highest BCUT2D eigenvalue weighted by Crippen LogP contribution is 2.25. The van der Waals surface area contributed by atoms with E-state index in [2.05, 4.69) is 4.98 Å². The van der Waals surface area contributed by atoms with Crippen LogP contribution in [0.1, 0.15) is 27.8 Å². The van der Waals surface area contributed by atoms with Crippen LogP contribution in [0.15, 0.2) is 48.5 Å². The number of fused-ring (bicyclic) bond motifs is 1. The van der Waals surface area contributed by atoms with Crippen molar-refractivity contribution >= 4 is 22.7 Å². The molecule has 0 bridgehead atoms. The van der Waals surface area contributed by atoms with E-state index in [1.54, 1.807) is 18.2 Å². The van der Waals surface area contributed by atoms with Crippen LogP contribution in [-0.2, 0) is 0 Å². The highest BCUT2D eigenvalue weighted by atomic mass is 16.4. The van der Waals surface area contributed by atoms with E-state index in [1.807, 2.05) is 30.3 Å². The third-order valence-electron chi connectivity index (χ3n) is 3.44. The van der Waals surface area contributed by atoms with Crippen LogP contribution < -0.4 is 0 Å². The molecule has 0 radical (unpaired) electrons. The third-order valence-corrected chi connectivity index (χ3v) is 3.44. The van der Waals surface area contributed by atoms with Gasteiger partial charge in [-0.1, -0.05) is 24.3 Å². The number of carboxylic acid groups (broad SMARTS) is 1. The summed E-state index contributed by atoms with van der Waals surface area (Å²) in [4.78, 5) is 25.5. The van der Waals surface area contributed by atoms with Crippen LogP contribution in [0.2, 0.25) is 0 Å². The minimum atomic E-state index is -0.948. The molecule has 4 nitrogen and oxygen atoms in total. The minimum Gasteiger partial charge on any atom is -0.478 e. The molecule has 0 saturated heterocycles. The van der Waals surface area contributed by atoms with E-state index < -0.39 is 5.97 Å². The number of Topliss-reactive ketones (excluding diaryl/α,β-unsaturated/α-hetero) is 1. The van der Waals surface area contributed by atoms with Crippen molar-refractivity contribution in [3.63, 3.8) is 0 Å². The number of hydrogen-bond acceptors (Lipinski definition) is 2. The maximum Gasteiger partial charge on any atom is 0.335 e. The summed E-state index contributed by atoms with van der Waals surface area (Å²) in [6.45, 7) is 1.52. The standard InChI is InChI=1S/C17H13NO3/c1-10(19)15-9-13-6-5-12(8-16(13)18-15)11-3-2-4-14(7-11)17(20)21/h2-9,18H,1H3,(H,20,21). The number of carbonyl (C=O) groups is 2. The summed E-state index contributed by atoms with van der Waals surface area (Å²) in [5.74, 6) is -0.961. The number of aromatic amines is 1. The first-order valence-electron chi connectivity index (χ1n) is 6.52. The van der Waals surface area contributed by atoms with Gasteiger partial charge >= 0.3 is 5.97 Å². The molecule has 2 aromatic carbocycles. The zero-order chi connectivity index (χ0) is 15.0. The molecule has 21 heavy (non-hydrogen) atoms. The van der Waals surface area contributed by atoms with Crippen molar-refractivity contribution in [2.24, 2.45) is 0 Å². The molecule has 0 amide bonds. The fourth-order valence-corrected chi connectivity index (χ4v) is 2.33. The van der Waals surface area contributed by atoms with Crippen LogP contribution in [0.3, 0.4) is 0 Å². The minimum absolute atomic E-state index is 0.0133. The van der Waals surface area contributed by atoms with E-state index in [-0.39, 0.29) is 11.3 Å². The molecule has 2 N–H and O–H groups in total. The van der Waals surface area contributed by atoms with Gasteiger partial charge in [0.2, 0.25) is 0 Å². The molecular weight excluding hydrogens is 266 g/mol. The molecule has 4 heteroatoms. The molecule has 0 spiro atoms. The van der Waals surface area contributed by atoms with Crippen LogP contribution in [-0.4, -0.2) is 21.8 Å². The van der Waals surface area contributed by atoms with Crippen molar-refractivity contribution in [2.45, 2.75) is 6.92 Å². The Bertz CT molecular complexity index is 861. The van der Waals surface area contributed by atoms with Crippen molar-refractivity contribution in [3.05, 3.63) is 59.8 Å². The number of carbonyl (C=O) groups excluding carboxylic acids is 1. The van der Waals surface area contributed by atoms with Gasteiger partial charge in [-0.3, -0.25) is 4.79 Å². The predicted molar refractivity (Wildman–Crippen MR) is 80.7 cm³/mol. The fraction of sp³-hybridized carbons (Fsp3) is 0.0588. The smallest absolute Gasteiger partial charge is 0.335 e. The molecule has 0 aliphatic carbocycles. The number of rotatable bonds is 3. The number of hydrogen-bond donors (Lipinski definition) is 2. The highest BCUT2D eigenvalue weighted by Gasteiger charge is 2.08. The fourth-order valence-electron chi connectivity index (χ4n) is 2.33. The lowest BCUT2D eigenvalue weighted by Crippen LogP contribution is -1.95. The summed E-state index contributed by atoms with van der Waals surface area (Å²) in [5.41, 5.74) is 3.42.